The van der Waals surface area contributed by atoms with Crippen LogP contribution in [-0.2, 0) is 19.3 Å². The minimum Gasteiger partial charge on any atom is -0.238 e. The van der Waals surface area contributed by atoms with Gasteiger partial charge in [-0.25, -0.2) is 9.97 Å². The number of nitrogens with zero attached hydrogens (tertiary/aromatic N) is 2. The molecule has 0 aliphatic rings. The summed E-state index contributed by atoms with van der Waals surface area (Å²) < 4.78 is 0. The van der Waals surface area contributed by atoms with Gasteiger partial charge in [0.15, 0.2) is 0 Å². The van der Waals surface area contributed by atoms with Gasteiger partial charge in [-0.3, -0.25) is 0 Å². The lowest BCUT2D eigenvalue weighted by Crippen LogP contribution is -2.04. The fraction of sp³-hybridized carbons (Fsp3) is 0.882. The predicted octanol–water partition coefficient (Wildman–Crippen LogP) is 11.5. The smallest absolute Gasteiger partial charge is 0.128 e. The Labute approximate surface area is 227 Å². The number of aryl methyl sites for hydroxylation is 3. The van der Waals surface area contributed by atoms with E-state index in [9.17, 15) is 0 Å². The van der Waals surface area contributed by atoms with E-state index in [1.807, 2.05) is 0 Å². The van der Waals surface area contributed by atoms with Gasteiger partial charge >= 0.3 is 0 Å². The highest BCUT2D eigenvalue weighted by Gasteiger charge is 2.06. The van der Waals surface area contributed by atoms with Crippen molar-refractivity contribution in [3.63, 3.8) is 0 Å². The van der Waals surface area contributed by atoms with E-state index in [-0.39, 0.29) is 0 Å². The van der Waals surface area contributed by atoms with Gasteiger partial charge in [0.05, 0.1) is 0 Å². The van der Waals surface area contributed by atoms with Crippen LogP contribution >= 0.6 is 0 Å². The van der Waals surface area contributed by atoms with Gasteiger partial charge in [-0.2, -0.15) is 0 Å². The molecule has 0 amide bonds. The summed E-state index contributed by atoms with van der Waals surface area (Å²) in [6, 6.07) is 2.34. The summed E-state index contributed by atoms with van der Waals surface area (Å²) in [5.41, 5.74) is 2.62. The van der Waals surface area contributed by atoms with Crippen molar-refractivity contribution in [2.45, 2.75) is 194 Å². The average molecular weight is 501 g/mol. The van der Waals surface area contributed by atoms with E-state index >= 15 is 0 Å². The Morgan fingerprint density at radius 2 is 0.667 bits per heavy atom. The predicted molar refractivity (Wildman–Crippen MR) is 161 cm³/mol. The van der Waals surface area contributed by atoms with Crippen LogP contribution in [0.4, 0.5) is 0 Å². The second kappa shape index (κ2) is 25.7. The molecule has 0 saturated carbocycles. The van der Waals surface area contributed by atoms with E-state index in [2.05, 4.69) is 26.8 Å². The Bertz CT molecular complexity index is 538. The number of hydrogen-bond acceptors (Lipinski definition) is 2. The van der Waals surface area contributed by atoms with Gasteiger partial charge in [0.2, 0.25) is 0 Å². The lowest BCUT2D eigenvalue weighted by Gasteiger charge is -2.09. The summed E-state index contributed by atoms with van der Waals surface area (Å²) >= 11 is 0. The van der Waals surface area contributed by atoms with E-state index in [4.69, 9.17) is 9.97 Å². The SMILES string of the molecule is CCCCCCCCCCCCCc1cc(CCCCCCCCCCCCC)nc(CCCC)n1. The molecule has 0 spiro atoms. The topological polar surface area (TPSA) is 25.8 Å². The molecule has 2 nitrogen and oxygen atoms in total. The largest absolute Gasteiger partial charge is 0.238 e. The molecule has 0 fully saturated rings. The van der Waals surface area contributed by atoms with Crippen LogP contribution in [0.5, 0.6) is 0 Å². The summed E-state index contributed by atoms with van der Waals surface area (Å²) in [6.07, 6.45) is 36.7. The van der Waals surface area contributed by atoms with Gasteiger partial charge < -0.3 is 0 Å². The molecule has 0 aliphatic heterocycles. The maximum atomic E-state index is 4.95. The standard InChI is InChI=1S/C34H64N2/c1-4-7-10-12-14-16-18-20-22-24-26-28-32-31-33(36-34(35-32)30-9-6-3)29-27-25-23-21-19-17-15-13-11-8-5-2/h31H,4-30H2,1-3H3. The van der Waals surface area contributed by atoms with Crippen molar-refractivity contribution in [1.82, 2.24) is 9.97 Å². The molecular formula is C34H64N2. The van der Waals surface area contributed by atoms with Crippen LogP contribution in [0.2, 0.25) is 0 Å². The molecule has 0 aliphatic carbocycles. The molecular weight excluding hydrogens is 436 g/mol. The van der Waals surface area contributed by atoms with Crippen molar-refractivity contribution < 1.29 is 0 Å². The Morgan fingerprint density at radius 3 is 1.00 bits per heavy atom. The van der Waals surface area contributed by atoms with Gasteiger partial charge in [0.1, 0.15) is 5.82 Å². The molecule has 0 bridgehead atoms. The Hall–Kier alpha value is -0.920. The second-order valence-electron chi connectivity index (χ2n) is 11.4. The third kappa shape index (κ3) is 20.2. The quantitative estimate of drug-likeness (QED) is 0.112. The van der Waals surface area contributed by atoms with Gasteiger partial charge in [0.25, 0.3) is 0 Å². The minimum atomic E-state index is 1.05. The molecule has 0 unspecified atom stereocenters. The Kier molecular flexibility index (Phi) is 23.7. The third-order valence-electron chi connectivity index (χ3n) is 7.71. The molecule has 0 saturated heterocycles. The first-order valence-corrected chi connectivity index (χ1v) is 16.7. The van der Waals surface area contributed by atoms with Gasteiger partial charge in [0, 0.05) is 17.8 Å². The van der Waals surface area contributed by atoms with E-state index in [0.717, 1.165) is 25.1 Å². The minimum absolute atomic E-state index is 1.05. The lowest BCUT2D eigenvalue weighted by atomic mass is 10.0. The van der Waals surface area contributed by atoms with Crippen LogP contribution in [0.1, 0.15) is 192 Å². The molecule has 0 N–H and O–H groups in total. The fourth-order valence-electron chi connectivity index (χ4n) is 5.26. The van der Waals surface area contributed by atoms with Crippen molar-refractivity contribution in [2.75, 3.05) is 0 Å². The Morgan fingerprint density at radius 1 is 0.361 bits per heavy atom. The molecule has 36 heavy (non-hydrogen) atoms. The number of rotatable bonds is 27. The highest BCUT2D eigenvalue weighted by atomic mass is 14.9. The zero-order valence-electron chi connectivity index (χ0n) is 25.1. The third-order valence-corrected chi connectivity index (χ3v) is 7.71. The summed E-state index contributed by atoms with van der Waals surface area (Å²) in [5.74, 6) is 1.11. The number of unbranched alkanes of at least 4 members (excludes halogenated alkanes) is 21. The van der Waals surface area contributed by atoms with Gasteiger partial charge in [-0.1, -0.05) is 156 Å². The van der Waals surface area contributed by atoms with Crippen molar-refractivity contribution in [1.29, 1.82) is 0 Å². The number of hydrogen-bond donors (Lipinski definition) is 0. The highest BCUT2D eigenvalue weighted by Crippen LogP contribution is 2.16. The van der Waals surface area contributed by atoms with Crippen LogP contribution in [-0.4, -0.2) is 9.97 Å². The molecule has 0 atom stereocenters. The molecule has 1 rings (SSSR count). The van der Waals surface area contributed by atoms with E-state index in [1.165, 1.54) is 165 Å². The Balaban J connectivity index is 2.21. The second-order valence-corrected chi connectivity index (χ2v) is 11.4. The zero-order chi connectivity index (χ0) is 25.9. The summed E-state index contributed by atoms with van der Waals surface area (Å²) in [4.78, 5) is 9.89. The average Bonchev–Trinajstić information content (AvgIpc) is 2.89. The van der Waals surface area contributed by atoms with Gasteiger partial charge in [-0.15, -0.1) is 0 Å². The van der Waals surface area contributed by atoms with Crippen LogP contribution in [0.3, 0.4) is 0 Å². The normalized spacial score (nSPS) is 11.4. The summed E-state index contributed by atoms with van der Waals surface area (Å²) in [5, 5.41) is 0. The highest BCUT2D eigenvalue weighted by molar-refractivity contribution is 5.12. The van der Waals surface area contributed by atoms with Crippen LogP contribution in [0, 0.1) is 0 Å². The maximum absolute atomic E-state index is 4.95. The van der Waals surface area contributed by atoms with Crippen molar-refractivity contribution >= 4 is 0 Å². The van der Waals surface area contributed by atoms with E-state index < -0.39 is 0 Å². The first kappa shape index (κ1) is 33.1. The number of aromatic nitrogens is 2. The first-order chi connectivity index (χ1) is 17.8. The summed E-state index contributed by atoms with van der Waals surface area (Å²) in [7, 11) is 0. The molecule has 1 aromatic rings. The molecule has 2 heteroatoms. The van der Waals surface area contributed by atoms with E-state index in [0.29, 0.717) is 0 Å². The molecule has 1 aromatic heterocycles. The molecule has 0 radical (unpaired) electrons. The lowest BCUT2D eigenvalue weighted by molar-refractivity contribution is 0.547. The van der Waals surface area contributed by atoms with Gasteiger partial charge in [-0.05, 0) is 38.2 Å². The van der Waals surface area contributed by atoms with Crippen LogP contribution in [0.15, 0.2) is 6.07 Å². The van der Waals surface area contributed by atoms with E-state index in [1.54, 1.807) is 0 Å². The molecule has 1 heterocycles. The molecule has 0 aromatic carbocycles. The fourth-order valence-corrected chi connectivity index (χ4v) is 5.26. The summed E-state index contributed by atoms with van der Waals surface area (Å²) in [6.45, 7) is 6.86. The first-order valence-electron chi connectivity index (χ1n) is 16.7. The maximum Gasteiger partial charge on any atom is 0.128 e. The monoisotopic (exact) mass is 501 g/mol. The molecule has 210 valence electrons. The van der Waals surface area contributed by atoms with Crippen LogP contribution < -0.4 is 0 Å². The van der Waals surface area contributed by atoms with Crippen molar-refractivity contribution in [2.24, 2.45) is 0 Å². The zero-order valence-corrected chi connectivity index (χ0v) is 25.1. The van der Waals surface area contributed by atoms with Crippen molar-refractivity contribution in [3.8, 4) is 0 Å². The van der Waals surface area contributed by atoms with Crippen LogP contribution in [0.25, 0.3) is 0 Å². The van der Waals surface area contributed by atoms with Crippen molar-refractivity contribution in [3.05, 3.63) is 23.3 Å².